The van der Waals surface area contributed by atoms with Crippen LogP contribution in [-0.4, -0.2) is 39.8 Å². The number of carbonyl (C=O) groups excluding carboxylic acids is 1. The summed E-state index contributed by atoms with van der Waals surface area (Å²) in [5, 5.41) is -0.652. The van der Waals surface area contributed by atoms with Crippen LogP contribution in [0.4, 0.5) is 13.2 Å². The molecule has 0 radical (unpaired) electrons. The van der Waals surface area contributed by atoms with Crippen molar-refractivity contribution in [3.63, 3.8) is 0 Å². The van der Waals surface area contributed by atoms with Crippen molar-refractivity contribution in [2.45, 2.75) is 43.0 Å². The van der Waals surface area contributed by atoms with Crippen LogP contribution in [0, 0.1) is 0 Å². The minimum atomic E-state index is -4.84. The third-order valence-electron chi connectivity index (χ3n) is 3.57. The van der Waals surface area contributed by atoms with Crippen LogP contribution in [0.25, 0.3) is 0 Å². The summed E-state index contributed by atoms with van der Waals surface area (Å²) in [6.45, 7) is 1.63. The van der Waals surface area contributed by atoms with Crippen LogP contribution in [0.3, 0.4) is 0 Å². The summed E-state index contributed by atoms with van der Waals surface area (Å²) in [5.41, 5.74) is -1.32. The molecule has 2 atom stereocenters. The van der Waals surface area contributed by atoms with Gasteiger partial charge in [0.2, 0.25) is 0 Å². The standard InChI is InChI=1S/C15H16ClF3O6S/c1-9(14(20)24-8-10-3-2-6-23-10)25-26(21,22)11-4-5-13(16)12(7-11)15(17,18)19/h4-5,7,9-10H,2-3,6,8H2,1H3. The van der Waals surface area contributed by atoms with Crippen molar-refractivity contribution >= 4 is 27.7 Å². The van der Waals surface area contributed by atoms with Gasteiger partial charge in [-0.2, -0.15) is 21.6 Å². The Labute approximate surface area is 153 Å². The number of carbonyl (C=O) groups is 1. The van der Waals surface area contributed by atoms with Gasteiger partial charge in [-0.3, -0.25) is 4.18 Å². The van der Waals surface area contributed by atoms with E-state index >= 15 is 0 Å². The molecule has 1 fully saturated rings. The fraction of sp³-hybridized carbons (Fsp3) is 0.533. The zero-order valence-corrected chi connectivity index (χ0v) is 15.2. The average molecular weight is 417 g/mol. The molecule has 146 valence electrons. The molecule has 0 aliphatic carbocycles. The first-order valence-electron chi connectivity index (χ1n) is 7.59. The van der Waals surface area contributed by atoms with Gasteiger partial charge in [-0.05, 0) is 38.0 Å². The summed E-state index contributed by atoms with van der Waals surface area (Å²) in [5.74, 6) is -0.964. The topological polar surface area (TPSA) is 78.9 Å². The lowest BCUT2D eigenvalue weighted by molar-refractivity contribution is -0.154. The number of rotatable bonds is 6. The molecule has 26 heavy (non-hydrogen) atoms. The van der Waals surface area contributed by atoms with E-state index in [1.165, 1.54) is 0 Å². The highest BCUT2D eigenvalue weighted by molar-refractivity contribution is 7.86. The highest BCUT2D eigenvalue weighted by Gasteiger charge is 2.35. The maximum Gasteiger partial charge on any atom is 0.417 e. The lowest BCUT2D eigenvalue weighted by atomic mass is 10.2. The van der Waals surface area contributed by atoms with E-state index in [0.717, 1.165) is 25.5 Å². The summed E-state index contributed by atoms with van der Waals surface area (Å²) >= 11 is 5.45. The molecule has 0 aromatic heterocycles. The molecule has 0 bridgehead atoms. The molecular weight excluding hydrogens is 401 g/mol. The van der Waals surface area contributed by atoms with E-state index in [-0.39, 0.29) is 12.7 Å². The maximum atomic E-state index is 12.8. The second-order valence-electron chi connectivity index (χ2n) is 5.60. The number of esters is 1. The molecule has 1 heterocycles. The van der Waals surface area contributed by atoms with Crippen LogP contribution in [0.2, 0.25) is 5.02 Å². The predicted molar refractivity (Wildman–Crippen MR) is 84.1 cm³/mol. The first-order chi connectivity index (χ1) is 12.0. The molecule has 11 heteroatoms. The second kappa shape index (κ2) is 8.12. The molecule has 0 N–H and O–H groups in total. The molecule has 0 saturated carbocycles. The highest BCUT2D eigenvalue weighted by Crippen LogP contribution is 2.36. The van der Waals surface area contributed by atoms with Gasteiger partial charge in [0.1, 0.15) is 6.61 Å². The fourth-order valence-electron chi connectivity index (χ4n) is 2.23. The Bertz CT molecular complexity index is 759. The van der Waals surface area contributed by atoms with E-state index in [1.807, 2.05) is 0 Å². The zero-order chi connectivity index (χ0) is 19.5. The fourth-order valence-corrected chi connectivity index (χ4v) is 3.52. The Kier molecular flexibility index (Phi) is 6.54. The van der Waals surface area contributed by atoms with Crippen LogP contribution in [-0.2, 0) is 34.7 Å². The monoisotopic (exact) mass is 416 g/mol. The minimum Gasteiger partial charge on any atom is -0.461 e. The Balaban J connectivity index is 2.06. The minimum absolute atomic E-state index is 0.0499. The largest absolute Gasteiger partial charge is 0.461 e. The van der Waals surface area contributed by atoms with Gasteiger partial charge in [0, 0.05) is 6.61 Å². The van der Waals surface area contributed by atoms with Gasteiger partial charge < -0.3 is 9.47 Å². The third kappa shape index (κ3) is 5.32. The first-order valence-corrected chi connectivity index (χ1v) is 9.37. The molecule has 6 nitrogen and oxygen atoms in total. The number of hydrogen-bond donors (Lipinski definition) is 0. The molecule has 0 amide bonds. The Hall–Kier alpha value is -1.36. The second-order valence-corrected chi connectivity index (χ2v) is 7.58. The summed E-state index contributed by atoms with van der Waals surface area (Å²) in [7, 11) is -4.63. The SMILES string of the molecule is CC(OS(=O)(=O)c1ccc(Cl)c(C(F)(F)F)c1)C(=O)OCC1CCCO1. The number of halogens is 4. The summed E-state index contributed by atoms with van der Waals surface area (Å²) in [4.78, 5) is 11.1. The normalized spacial score (nSPS) is 19.3. The van der Waals surface area contributed by atoms with E-state index in [0.29, 0.717) is 19.1 Å². The van der Waals surface area contributed by atoms with Crippen LogP contribution in [0.5, 0.6) is 0 Å². The number of benzene rings is 1. The van der Waals surface area contributed by atoms with Crippen molar-refractivity contribution in [1.29, 1.82) is 0 Å². The lowest BCUT2D eigenvalue weighted by Crippen LogP contribution is -2.29. The quantitative estimate of drug-likeness (QED) is 0.523. The van der Waals surface area contributed by atoms with E-state index in [9.17, 15) is 26.4 Å². The van der Waals surface area contributed by atoms with Crippen molar-refractivity contribution in [1.82, 2.24) is 0 Å². The molecular formula is C15H16ClF3O6S. The van der Waals surface area contributed by atoms with E-state index in [1.54, 1.807) is 0 Å². The van der Waals surface area contributed by atoms with E-state index in [2.05, 4.69) is 4.18 Å². The van der Waals surface area contributed by atoms with Gasteiger partial charge in [0.05, 0.1) is 21.6 Å². The van der Waals surface area contributed by atoms with Gasteiger partial charge in [-0.25, -0.2) is 4.79 Å². The van der Waals surface area contributed by atoms with Crippen LogP contribution >= 0.6 is 11.6 Å². The van der Waals surface area contributed by atoms with Crippen molar-refractivity contribution in [3.8, 4) is 0 Å². The van der Waals surface area contributed by atoms with Gasteiger partial charge in [-0.1, -0.05) is 11.6 Å². The molecule has 1 aromatic rings. The Morgan fingerprint density at radius 1 is 1.42 bits per heavy atom. The number of hydrogen-bond acceptors (Lipinski definition) is 6. The smallest absolute Gasteiger partial charge is 0.417 e. The van der Waals surface area contributed by atoms with E-state index in [4.69, 9.17) is 21.1 Å². The van der Waals surface area contributed by atoms with Gasteiger partial charge in [0.15, 0.2) is 6.10 Å². The molecule has 1 saturated heterocycles. The lowest BCUT2D eigenvalue weighted by Gasteiger charge is -2.15. The van der Waals surface area contributed by atoms with Gasteiger partial charge >= 0.3 is 12.1 Å². The number of alkyl halides is 3. The third-order valence-corrected chi connectivity index (χ3v) is 5.27. The molecule has 2 unspecified atom stereocenters. The van der Waals surface area contributed by atoms with Crippen LogP contribution in [0.15, 0.2) is 23.1 Å². The summed E-state index contributed by atoms with van der Waals surface area (Å²) < 4.78 is 77.6. The highest BCUT2D eigenvalue weighted by atomic mass is 35.5. The Morgan fingerprint density at radius 3 is 2.69 bits per heavy atom. The predicted octanol–water partition coefficient (Wildman–Crippen LogP) is 3.17. The Morgan fingerprint density at radius 2 is 2.12 bits per heavy atom. The van der Waals surface area contributed by atoms with Crippen molar-refractivity contribution in [2.75, 3.05) is 13.2 Å². The molecule has 0 spiro atoms. The van der Waals surface area contributed by atoms with Crippen molar-refractivity contribution < 1.29 is 40.0 Å². The number of ether oxygens (including phenoxy) is 2. The first kappa shape index (κ1) is 20.9. The maximum absolute atomic E-state index is 12.8. The molecule has 1 aliphatic rings. The average Bonchev–Trinajstić information content (AvgIpc) is 3.04. The summed E-state index contributed by atoms with van der Waals surface area (Å²) in [6, 6.07) is 2.00. The van der Waals surface area contributed by atoms with Crippen molar-refractivity contribution in [2.24, 2.45) is 0 Å². The van der Waals surface area contributed by atoms with Crippen LogP contribution < -0.4 is 0 Å². The van der Waals surface area contributed by atoms with Crippen molar-refractivity contribution in [3.05, 3.63) is 28.8 Å². The summed E-state index contributed by atoms with van der Waals surface area (Å²) in [6.07, 6.45) is -5.08. The van der Waals surface area contributed by atoms with Crippen LogP contribution in [0.1, 0.15) is 25.3 Å². The van der Waals surface area contributed by atoms with Gasteiger partial charge in [0.25, 0.3) is 10.1 Å². The van der Waals surface area contributed by atoms with E-state index < -0.39 is 43.8 Å². The molecule has 2 rings (SSSR count). The molecule has 1 aliphatic heterocycles. The van der Waals surface area contributed by atoms with Gasteiger partial charge in [-0.15, -0.1) is 0 Å². The molecule has 1 aromatic carbocycles. The zero-order valence-electron chi connectivity index (χ0n) is 13.6.